The van der Waals surface area contributed by atoms with Gasteiger partial charge in [0.25, 0.3) is 0 Å². The molecule has 1 amide bonds. The second kappa shape index (κ2) is 8.34. The summed E-state index contributed by atoms with van der Waals surface area (Å²) in [5, 5.41) is 29.2. The summed E-state index contributed by atoms with van der Waals surface area (Å²) in [7, 11) is 1.65. The van der Waals surface area contributed by atoms with E-state index in [9.17, 15) is 10.1 Å². The maximum atomic E-state index is 11.7. The van der Waals surface area contributed by atoms with E-state index < -0.39 is 11.5 Å². The molecule has 0 fully saturated rings. The Morgan fingerprint density at radius 1 is 1.33 bits per heavy atom. The molecule has 30 heavy (non-hydrogen) atoms. The van der Waals surface area contributed by atoms with Gasteiger partial charge in [0.1, 0.15) is 11.6 Å². The van der Waals surface area contributed by atoms with Crippen LogP contribution in [0.3, 0.4) is 0 Å². The molecule has 11 nitrogen and oxygen atoms in total. The fourth-order valence-corrected chi connectivity index (χ4v) is 2.68. The van der Waals surface area contributed by atoms with Crippen molar-refractivity contribution in [3.8, 4) is 11.9 Å². The minimum absolute atomic E-state index is 0.197. The Balaban J connectivity index is 2.14. The van der Waals surface area contributed by atoms with Gasteiger partial charge in [0.05, 0.1) is 11.9 Å². The molecule has 0 saturated heterocycles. The van der Waals surface area contributed by atoms with E-state index in [-0.39, 0.29) is 17.2 Å². The van der Waals surface area contributed by atoms with Crippen molar-refractivity contribution in [1.82, 2.24) is 24.5 Å². The van der Waals surface area contributed by atoms with Gasteiger partial charge in [-0.3, -0.25) is 10.00 Å². The molecule has 0 saturated carbocycles. The van der Waals surface area contributed by atoms with Gasteiger partial charge in [-0.2, -0.15) is 20.1 Å². The third-order valence-electron chi connectivity index (χ3n) is 4.01. The van der Waals surface area contributed by atoms with Crippen LogP contribution in [-0.4, -0.2) is 30.6 Å². The van der Waals surface area contributed by atoms with Crippen LogP contribution in [0.4, 0.5) is 22.1 Å². The van der Waals surface area contributed by atoms with Gasteiger partial charge in [0.2, 0.25) is 0 Å². The van der Waals surface area contributed by atoms with Crippen LogP contribution in [-0.2, 0) is 16.6 Å². The Morgan fingerprint density at radius 3 is 2.70 bits per heavy atom. The molecule has 12 heteroatoms. The third-order valence-corrected chi connectivity index (χ3v) is 4.18. The molecule has 0 spiro atoms. The molecule has 0 atom stereocenters. The molecule has 154 valence electrons. The molecule has 0 bridgehead atoms. The topological polar surface area (TPSA) is 135 Å². The van der Waals surface area contributed by atoms with Crippen molar-refractivity contribution in [2.75, 3.05) is 5.32 Å². The molecular weight excluding hydrogens is 406 g/mol. The van der Waals surface area contributed by atoms with Gasteiger partial charge in [-0.05, 0) is 12.1 Å². The number of carbonyl (C=O) groups excluding carboxylic acids is 1. The van der Waals surface area contributed by atoms with Crippen LogP contribution in [0.15, 0.2) is 40.8 Å². The van der Waals surface area contributed by atoms with E-state index in [2.05, 4.69) is 47.8 Å². The zero-order valence-electron chi connectivity index (χ0n) is 16.7. The molecule has 0 radical (unpaired) electrons. The molecule has 0 aliphatic rings. The number of hydrogen-bond acceptors (Lipinski definition) is 9. The van der Waals surface area contributed by atoms with Crippen LogP contribution in [0.5, 0.6) is 0 Å². The zero-order valence-corrected chi connectivity index (χ0v) is 17.6. The van der Waals surface area contributed by atoms with E-state index in [1.54, 1.807) is 31.4 Å². The van der Waals surface area contributed by atoms with Gasteiger partial charge in [0.15, 0.2) is 23.1 Å². The number of hydrogen-bond donors (Lipinski definition) is 2. The average Bonchev–Trinajstić information content (AvgIpc) is 3.27. The molecule has 3 rings (SSSR count). The monoisotopic (exact) mass is 425 g/mol. The molecule has 1 N–H and O–H groups in total. The van der Waals surface area contributed by atoms with Crippen LogP contribution >= 0.6 is 12.9 Å². The van der Waals surface area contributed by atoms with Gasteiger partial charge in [0, 0.05) is 31.6 Å². The lowest BCUT2D eigenvalue weighted by molar-refractivity contribution is 0.223. The predicted molar refractivity (Wildman–Crippen MR) is 111 cm³/mol. The highest BCUT2D eigenvalue weighted by Gasteiger charge is 2.28. The number of amides is 1. The molecule has 0 aliphatic heterocycles. The smallest absolute Gasteiger partial charge is 0.378 e. The minimum atomic E-state index is -0.797. The van der Waals surface area contributed by atoms with Crippen molar-refractivity contribution in [2.45, 2.75) is 26.2 Å². The fourth-order valence-electron chi connectivity index (χ4n) is 2.63. The van der Waals surface area contributed by atoms with Crippen LogP contribution in [0.2, 0.25) is 0 Å². The van der Waals surface area contributed by atoms with Crippen molar-refractivity contribution in [3.05, 3.63) is 41.9 Å². The van der Waals surface area contributed by atoms with Gasteiger partial charge < -0.3 is 4.18 Å². The first kappa shape index (κ1) is 21.0. The van der Waals surface area contributed by atoms with E-state index in [0.717, 1.165) is 0 Å². The highest BCUT2D eigenvalue weighted by Crippen LogP contribution is 2.38. The lowest BCUT2D eigenvalue weighted by Crippen LogP contribution is -2.12. The molecule has 3 heterocycles. The highest BCUT2D eigenvalue weighted by atomic mass is 32.1. The lowest BCUT2D eigenvalue weighted by Gasteiger charge is -2.15. The Labute approximate surface area is 178 Å². The molecule has 3 aromatic heterocycles. The molecule has 0 unspecified atom stereocenters. The van der Waals surface area contributed by atoms with Gasteiger partial charge in [-0.25, -0.2) is 9.78 Å². The summed E-state index contributed by atoms with van der Waals surface area (Å²) in [5.74, 6) is 0.944. The number of carbonyl (C=O) groups is 1. The first-order valence-corrected chi connectivity index (χ1v) is 9.14. The number of thiol groups is 1. The van der Waals surface area contributed by atoms with Gasteiger partial charge in [-0.15, -0.1) is 10.2 Å². The van der Waals surface area contributed by atoms with Crippen molar-refractivity contribution in [2.24, 2.45) is 17.3 Å². The zero-order chi connectivity index (χ0) is 21.9. The fraction of sp³-hybridized carbons (Fsp3) is 0.278. The summed E-state index contributed by atoms with van der Waals surface area (Å²) in [6, 6.07) is 7.33. The van der Waals surface area contributed by atoms with Gasteiger partial charge >= 0.3 is 6.09 Å². The van der Waals surface area contributed by atoms with Crippen LogP contribution < -0.4 is 5.32 Å². The summed E-state index contributed by atoms with van der Waals surface area (Å²) in [5.41, 5.74) is 0.720. The van der Waals surface area contributed by atoms with E-state index >= 15 is 0 Å². The van der Waals surface area contributed by atoms with E-state index in [1.807, 2.05) is 26.8 Å². The second-order valence-electron chi connectivity index (χ2n) is 7.22. The maximum Gasteiger partial charge on any atom is 0.424 e. The number of nitrogens with zero attached hydrogens (tertiary/aromatic N) is 8. The quantitative estimate of drug-likeness (QED) is 0.369. The Morgan fingerprint density at radius 2 is 2.10 bits per heavy atom. The number of azo groups is 1. The van der Waals surface area contributed by atoms with E-state index in [1.165, 1.54) is 15.6 Å². The maximum absolute atomic E-state index is 11.7. The first-order chi connectivity index (χ1) is 14.3. The summed E-state index contributed by atoms with van der Waals surface area (Å²) < 4.78 is 7.25. The number of pyridine rings is 1. The third kappa shape index (κ3) is 4.15. The highest BCUT2D eigenvalue weighted by molar-refractivity contribution is 7.75. The Bertz CT molecular complexity index is 1140. The Kier molecular flexibility index (Phi) is 5.84. The van der Waals surface area contributed by atoms with Crippen molar-refractivity contribution >= 4 is 36.3 Å². The van der Waals surface area contributed by atoms with Crippen molar-refractivity contribution < 1.29 is 8.98 Å². The minimum Gasteiger partial charge on any atom is -0.378 e. The average molecular weight is 425 g/mol. The lowest BCUT2D eigenvalue weighted by atomic mass is 9.91. The number of aromatic nitrogens is 5. The standard InChI is InChI=1S/C18H19N9O2S/c1-18(2,3)14-13(16(26(4)25-14)22-17(28)29-30)23-24-15-11(9-19)10-21-27(15)12-7-5-6-8-20-12/h5-8,10,30H,1-4H3,(H,22,28)/b24-23+. The van der Waals surface area contributed by atoms with E-state index in [4.69, 9.17) is 0 Å². The number of nitrogens with one attached hydrogen (secondary N) is 1. The van der Waals surface area contributed by atoms with Crippen molar-refractivity contribution in [3.63, 3.8) is 0 Å². The van der Waals surface area contributed by atoms with Crippen LogP contribution in [0.25, 0.3) is 5.82 Å². The molecule has 3 aromatic rings. The van der Waals surface area contributed by atoms with Crippen LogP contribution in [0.1, 0.15) is 32.0 Å². The SMILES string of the molecule is Cn1nc(C(C)(C)C)c(/N=N/c2c(C#N)cnn2-c2ccccn2)c1NC(=O)OS. The van der Waals surface area contributed by atoms with Crippen molar-refractivity contribution in [1.29, 1.82) is 5.26 Å². The van der Waals surface area contributed by atoms with Gasteiger partial charge in [-0.1, -0.05) is 26.8 Å². The number of anilines is 1. The molecule has 0 aliphatic carbocycles. The summed E-state index contributed by atoms with van der Waals surface area (Å²) in [4.78, 5) is 16.0. The number of aryl methyl sites for hydroxylation is 1. The number of rotatable bonds is 4. The summed E-state index contributed by atoms with van der Waals surface area (Å²) in [6.07, 6.45) is 2.19. The number of nitriles is 1. The predicted octanol–water partition coefficient (Wildman–Crippen LogP) is 3.98. The largest absolute Gasteiger partial charge is 0.424 e. The van der Waals surface area contributed by atoms with E-state index in [0.29, 0.717) is 17.2 Å². The summed E-state index contributed by atoms with van der Waals surface area (Å²) in [6.45, 7) is 5.86. The molecular formula is C18H19N9O2S. The Hall–Kier alpha value is -3.72. The summed E-state index contributed by atoms with van der Waals surface area (Å²) >= 11 is 3.51. The second-order valence-corrected chi connectivity index (χ2v) is 7.40. The normalized spacial score (nSPS) is 11.5. The molecule has 0 aromatic carbocycles. The van der Waals surface area contributed by atoms with Crippen LogP contribution in [0, 0.1) is 11.3 Å². The first-order valence-electron chi connectivity index (χ1n) is 8.77.